The van der Waals surface area contributed by atoms with E-state index in [4.69, 9.17) is 5.11 Å². The molecular weight excluding hydrogens is 198 g/mol. The Bertz CT molecular complexity index is 421. The molecule has 1 aromatic heterocycles. The fourth-order valence-electron chi connectivity index (χ4n) is 1.96. The van der Waals surface area contributed by atoms with Crippen LogP contribution in [0.15, 0.2) is 12.3 Å². The highest BCUT2D eigenvalue weighted by Crippen LogP contribution is 2.25. The highest BCUT2D eigenvalue weighted by atomic mass is 16.5. The molecule has 0 fully saturated rings. The molecule has 1 aliphatic rings. The van der Waals surface area contributed by atoms with Crippen molar-refractivity contribution in [2.45, 2.75) is 13.0 Å². The molecule has 5 nitrogen and oxygen atoms in total. The number of rotatable bonds is 2. The van der Waals surface area contributed by atoms with Gasteiger partial charge in [0.15, 0.2) is 0 Å². The Morgan fingerprint density at radius 1 is 1.60 bits per heavy atom. The fourth-order valence-corrected chi connectivity index (χ4v) is 1.96. The number of fused-ring (bicyclic) bond motifs is 1. The Hall–Kier alpha value is -1.78. The first-order valence-electron chi connectivity index (χ1n) is 4.62. The Morgan fingerprint density at radius 3 is 2.93 bits per heavy atom. The number of ether oxygens (including phenoxy) is 1. The maximum absolute atomic E-state index is 11.3. The summed E-state index contributed by atoms with van der Waals surface area (Å²) in [6.07, 6.45) is 2.14. The van der Waals surface area contributed by atoms with Crippen LogP contribution in [-0.2, 0) is 22.5 Å². The second-order valence-electron chi connectivity index (χ2n) is 3.56. The monoisotopic (exact) mass is 209 g/mol. The van der Waals surface area contributed by atoms with Crippen LogP contribution in [0.1, 0.15) is 16.1 Å². The van der Waals surface area contributed by atoms with Gasteiger partial charge in [0.1, 0.15) is 0 Å². The molecule has 1 atom stereocenters. The molecule has 0 saturated heterocycles. The minimum absolute atomic E-state index is 0.246. The van der Waals surface area contributed by atoms with Crippen LogP contribution in [0.25, 0.3) is 0 Å². The number of nitrogens with zero attached hydrogens (tertiary/aromatic N) is 1. The van der Waals surface area contributed by atoms with Crippen LogP contribution >= 0.6 is 0 Å². The highest BCUT2D eigenvalue weighted by molar-refractivity contribution is 5.89. The van der Waals surface area contributed by atoms with Crippen LogP contribution < -0.4 is 0 Å². The van der Waals surface area contributed by atoms with Gasteiger partial charge in [-0.3, -0.25) is 4.79 Å². The van der Waals surface area contributed by atoms with Gasteiger partial charge in [0.05, 0.1) is 18.6 Å². The smallest absolute Gasteiger partial charge is 0.337 e. The summed E-state index contributed by atoms with van der Waals surface area (Å²) < 4.78 is 6.43. The number of methoxy groups -OCH3 is 1. The zero-order chi connectivity index (χ0) is 11.0. The molecule has 0 aromatic carbocycles. The third-order valence-corrected chi connectivity index (χ3v) is 2.70. The number of hydrogen-bond acceptors (Lipinski definition) is 3. The lowest BCUT2D eigenvalue weighted by atomic mass is 10.1. The van der Waals surface area contributed by atoms with E-state index in [1.165, 1.54) is 7.11 Å². The summed E-state index contributed by atoms with van der Waals surface area (Å²) in [5, 5.41) is 8.89. The van der Waals surface area contributed by atoms with Crippen LogP contribution in [0.3, 0.4) is 0 Å². The van der Waals surface area contributed by atoms with Crippen molar-refractivity contribution in [2.24, 2.45) is 5.92 Å². The normalized spacial score (nSPS) is 18.6. The van der Waals surface area contributed by atoms with Crippen LogP contribution in [0.5, 0.6) is 0 Å². The maximum Gasteiger partial charge on any atom is 0.337 e. The number of carbonyl (C=O) groups is 2. The second kappa shape index (κ2) is 3.42. The van der Waals surface area contributed by atoms with E-state index < -0.39 is 5.97 Å². The van der Waals surface area contributed by atoms with Crippen molar-refractivity contribution >= 4 is 11.9 Å². The number of carbonyl (C=O) groups excluding carboxylic acids is 1. The van der Waals surface area contributed by atoms with Crippen LogP contribution in [-0.4, -0.2) is 28.7 Å². The minimum atomic E-state index is -0.950. The lowest BCUT2D eigenvalue weighted by Gasteiger charge is -2.04. The summed E-state index contributed by atoms with van der Waals surface area (Å²) in [5.41, 5.74) is 0.985. The van der Waals surface area contributed by atoms with E-state index in [2.05, 4.69) is 4.74 Å². The van der Waals surface area contributed by atoms with Crippen molar-refractivity contribution in [1.29, 1.82) is 0 Å². The molecule has 0 aliphatic carbocycles. The van der Waals surface area contributed by atoms with Crippen LogP contribution in [0.4, 0.5) is 0 Å². The first-order chi connectivity index (χ1) is 7.13. The molecule has 2 rings (SSSR count). The number of esters is 1. The Morgan fingerprint density at radius 2 is 2.33 bits per heavy atom. The SMILES string of the molecule is COC(=O)C1Cc2c(C(=O)O)ccn2C1. The van der Waals surface area contributed by atoms with Crippen molar-refractivity contribution in [2.75, 3.05) is 7.11 Å². The molecule has 1 aliphatic heterocycles. The highest BCUT2D eigenvalue weighted by Gasteiger charge is 2.31. The molecule has 80 valence electrons. The maximum atomic E-state index is 11.3. The summed E-state index contributed by atoms with van der Waals surface area (Å²) in [5.74, 6) is -1.48. The van der Waals surface area contributed by atoms with Gasteiger partial charge in [-0.05, 0) is 6.07 Å². The number of aromatic nitrogens is 1. The predicted octanol–water partition coefficient (Wildman–Crippen LogP) is 0.532. The van der Waals surface area contributed by atoms with Gasteiger partial charge in [-0.2, -0.15) is 0 Å². The third-order valence-electron chi connectivity index (χ3n) is 2.70. The number of carboxylic acid groups (broad SMARTS) is 1. The molecule has 15 heavy (non-hydrogen) atoms. The molecule has 1 aromatic rings. The van der Waals surface area contributed by atoms with Crippen molar-refractivity contribution in [3.8, 4) is 0 Å². The zero-order valence-electron chi connectivity index (χ0n) is 8.27. The van der Waals surface area contributed by atoms with E-state index in [0.717, 1.165) is 0 Å². The van der Waals surface area contributed by atoms with E-state index in [1.54, 1.807) is 16.8 Å². The van der Waals surface area contributed by atoms with Crippen LogP contribution in [0.2, 0.25) is 0 Å². The van der Waals surface area contributed by atoms with Gasteiger partial charge in [0, 0.05) is 24.9 Å². The molecule has 0 amide bonds. The number of carboxylic acids is 1. The topological polar surface area (TPSA) is 68.5 Å². The molecule has 0 radical (unpaired) electrons. The van der Waals surface area contributed by atoms with Crippen molar-refractivity contribution in [3.05, 3.63) is 23.5 Å². The van der Waals surface area contributed by atoms with E-state index in [9.17, 15) is 9.59 Å². The zero-order valence-corrected chi connectivity index (χ0v) is 8.27. The summed E-state index contributed by atoms with van der Waals surface area (Å²) in [6, 6.07) is 1.56. The van der Waals surface area contributed by atoms with Gasteiger partial charge in [-0.15, -0.1) is 0 Å². The summed E-state index contributed by atoms with van der Waals surface area (Å²) in [7, 11) is 1.34. The van der Waals surface area contributed by atoms with Gasteiger partial charge >= 0.3 is 11.9 Å². The number of aromatic carboxylic acids is 1. The van der Waals surface area contributed by atoms with E-state index >= 15 is 0 Å². The van der Waals surface area contributed by atoms with Crippen molar-refractivity contribution in [1.82, 2.24) is 4.57 Å². The lowest BCUT2D eigenvalue weighted by Crippen LogP contribution is -2.17. The first kappa shape index (κ1) is 9.76. The summed E-state index contributed by atoms with van der Waals surface area (Å²) >= 11 is 0. The van der Waals surface area contributed by atoms with Gasteiger partial charge in [-0.25, -0.2) is 4.79 Å². The molecule has 1 N–H and O–H groups in total. The van der Waals surface area contributed by atoms with Crippen LogP contribution in [0, 0.1) is 5.92 Å². The molecular formula is C10H11NO4. The Balaban J connectivity index is 2.24. The average Bonchev–Trinajstić information content (AvgIpc) is 2.73. The average molecular weight is 209 g/mol. The van der Waals surface area contributed by atoms with Gasteiger partial charge < -0.3 is 14.4 Å². The predicted molar refractivity (Wildman–Crippen MR) is 50.6 cm³/mol. The lowest BCUT2D eigenvalue weighted by molar-refractivity contribution is -0.145. The standard InChI is InChI=1S/C10H11NO4/c1-15-10(14)6-4-8-7(9(12)13)2-3-11(8)5-6/h2-3,6H,4-5H2,1H3,(H,12,13). The molecule has 5 heteroatoms. The fraction of sp³-hybridized carbons (Fsp3) is 0.400. The Kier molecular flexibility index (Phi) is 2.22. The van der Waals surface area contributed by atoms with Gasteiger partial charge in [0.25, 0.3) is 0 Å². The van der Waals surface area contributed by atoms with E-state index in [0.29, 0.717) is 18.7 Å². The number of hydrogen-bond donors (Lipinski definition) is 1. The summed E-state index contributed by atoms with van der Waals surface area (Å²) in [6.45, 7) is 0.509. The van der Waals surface area contributed by atoms with Crippen molar-refractivity contribution < 1.29 is 19.4 Å². The molecule has 0 bridgehead atoms. The van der Waals surface area contributed by atoms with Gasteiger partial charge in [0.2, 0.25) is 0 Å². The third kappa shape index (κ3) is 1.49. The second-order valence-corrected chi connectivity index (χ2v) is 3.56. The van der Waals surface area contributed by atoms with E-state index in [1.807, 2.05) is 0 Å². The quantitative estimate of drug-likeness (QED) is 0.721. The van der Waals surface area contributed by atoms with Gasteiger partial charge in [-0.1, -0.05) is 0 Å². The minimum Gasteiger partial charge on any atom is -0.478 e. The summed E-state index contributed by atoms with van der Waals surface area (Å²) in [4.78, 5) is 22.1. The Labute approximate surface area is 86.3 Å². The largest absolute Gasteiger partial charge is 0.478 e. The van der Waals surface area contributed by atoms with E-state index in [-0.39, 0.29) is 17.5 Å². The molecule has 0 saturated carbocycles. The van der Waals surface area contributed by atoms with Crippen molar-refractivity contribution in [3.63, 3.8) is 0 Å². The molecule has 1 unspecified atom stereocenters. The molecule has 0 spiro atoms. The molecule has 2 heterocycles. The first-order valence-corrected chi connectivity index (χ1v) is 4.62.